The van der Waals surface area contributed by atoms with Crippen LogP contribution in [0.5, 0.6) is 0 Å². The van der Waals surface area contributed by atoms with Crippen LogP contribution in [0.15, 0.2) is 42.5 Å². The highest BCUT2D eigenvalue weighted by atomic mass is 35.5. The van der Waals surface area contributed by atoms with Crippen LogP contribution in [0.3, 0.4) is 0 Å². The smallest absolute Gasteiger partial charge is 0.355 e. The molecule has 0 radical (unpaired) electrons. The zero-order valence-electron chi connectivity index (χ0n) is 20.4. The minimum Gasteiger partial charge on any atom is -0.355 e. The molecule has 7 nitrogen and oxygen atoms in total. The van der Waals surface area contributed by atoms with Crippen LogP contribution in [0.4, 0.5) is 18.9 Å². The van der Waals surface area contributed by atoms with Crippen LogP contribution in [0, 0.1) is 6.92 Å². The molecule has 0 saturated heterocycles. The topological polar surface area (TPSA) is 86.8 Å². The molecule has 0 unspecified atom stereocenters. The molecule has 198 valence electrons. The summed E-state index contributed by atoms with van der Waals surface area (Å²) in [4.78, 5) is 27.6. The van der Waals surface area contributed by atoms with Crippen molar-refractivity contribution in [3.63, 3.8) is 0 Å². The van der Waals surface area contributed by atoms with Gasteiger partial charge >= 0.3 is 6.18 Å². The molecule has 2 aromatic carbocycles. The highest BCUT2D eigenvalue weighted by Crippen LogP contribution is 2.36. The first-order chi connectivity index (χ1) is 16.7. The zero-order valence-corrected chi connectivity index (χ0v) is 22.0. The molecule has 0 aromatic heterocycles. The summed E-state index contributed by atoms with van der Waals surface area (Å²) in [5, 5.41) is 2.39. The Bertz CT molecular complexity index is 1210. The van der Waals surface area contributed by atoms with Crippen molar-refractivity contribution in [2.24, 2.45) is 0 Å². The summed E-state index contributed by atoms with van der Waals surface area (Å²) < 4.78 is 65.7. The molecule has 1 atom stereocenters. The van der Waals surface area contributed by atoms with Gasteiger partial charge in [-0.1, -0.05) is 42.8 Å². The van der Waals surface area contributed by atoms with Gasteiger partial charge in [0.2, 0.25) is 21.8 Å². The molecule has 0 heterocycles. The molecule has 0 fully saturated rings. The van der Waals surface area contributed by atoms with Crippen molar-refractivity contribution in [1.29, 1.82) is 0 Å². The first-order valence-electron chi connectivity index (χ1n) is 11.2. The number of halogens is 4. The molecule has 1 N–H and O–H groups in total. The predicted molar refractivity (Wildman–Crippen MR) is 133 cm³/mol. The van der Waals surface area contributed by atoms with Crippen LogP contribution < -0.4 is 9.62 Å². The monoisotopic (exact) mass is 547 g/mol. The van der Waals surface area contributed by atoms with Crippen molar-refractivity contribution in [1.82, 2.24) is 10.2 Å². The lowest BCUT2D eigenvalue weighted by atomic mass is 10.1. The van der Waals surface area contributed by atoms with Crippen molar-refractivity contribution in [2.45, 2.75) is 46.0 Å². The quantitative estimate of drug-likeness (QED) is 0.478. The SMILES string of the molecule is CCNC(=O)[C@@H](CC)N(Cc1ccccc1C)C(=O)CN(c1cc(C(F)(F)F)ccc1Cl)S(C)(=O)=O. The number of carbonyl (C=O) groups excluding carboxylic acids is 2. The summed E-state index contributed by atoms with van der Waals surface area (Å²) in [6.07, 6.45) is -3.76. The molecule has 2 aromatic rings. The van der Waals surface area contributed by atoms with E-state index in [9.17, 15) is 31.2 Å². The largest absolute Gasteiger partial charge is 0.416 e. The van der Waals surface area contributed by atoms with Gasteiger partial charge in [-0.15, -0.1) is 0 Å². The highest BCUT2D eigenvalue weighted by molar-refractivity contribution is 7.92. The number of nitrogens with one attached hydrogen (secondary N) is 1. The van der Waals surface area contributed by atoms with E-state index in [0.29, 0.717) is 16.9 Å². The second kappa shape index (κ2) is 12.0. The number of hydrogen-bond acceptors (Lipinski definition) is 4. The number of likely N-dealkylation sites (N-methyl/N-ethyl adjacent to an activating group) is 1. The van der Waals surface area contributed by atoms with Crippen molar-refractivity contribution in [3.05, 3.63) is 64.2 Å². The van der Waals surface area contributed by atoms with Gasteiger partial charge in [-0.2, -0.15) is 13.2 Å². The summed E-state index contributed by atoms with van der Waals surface area (Å²) in [5.41, 5.74) is -0.0173. The molecule has 0 saturated carbocycles. The van der Waals surface area contributed by atoms with Crippen LogP contribution in [0.1, 0.15) is 37.0 Å². The van der Waals surface area contributed by atoms with Gasteiger partial charge in [-0.3, -0.25) is 13.9 Å². The average molecular weight is 548 g/mol. The van der Waals surface area contributed by atoms with E-state index in [1.165, 1.54) is 4.90 Å². The molecule has 0 aliphatic rings. The summed E-state index contributed by atoms with van der Waals surface area (Å²) in [7, 11) is -4.24. The molecular weight excluding hydrogens is 519 g/mol. The van der Waals surface area contributed by atoms with E-state index in [-0.39, 0.29) is 18.0 Å². The molecule has 0 aliphatic carbocycles. The number of sulfonamides is 1. The van der Waals surface area contributed by atoms with Crippen LogP contribution in [0.2, 0.25) is 5.02 Å². The lowest BCUT2D eigenvalue weighted by Gasteiger charge is -2.33. The minimum absolute atomic E-state index is 0.00489. The molecule has 0 spiro atoms. The van der Waals surface area contributed by atoms with Gasteiger partial charge in [-0.05, 0) is 49.6 Å². The standard InChI is InChI=1S/C24H29ClF3N3O4S/c1-5-20(23(33)29-6-2)30(14-17-10-8-7-9-16(17)3)22(32)15-31(36(4,34)35)21-13-18(24(26,27)28)11-12-19(21)25/h7-13,20H,5-6,14-15H2,1-4H3,(H,29,33)/t20-/m1/s1. The van der Waals surface area contributed by atoms with E-state index in [2.05, 4.69) is 5.32 Å². The number of benzene rings is 2. The van der Waals surface area contributed by atoms with E-state index in [1.54, 1.807) is 26.0 Å². The van der Waals surface area contributed by atoms with E-state index in [1.807, 2.05) is 19.1 Å². The Kier molecular flexibility index (Phi) is 9.78. The van der Waals surface area contributed by atoms with Gasteiger partial charge in [0.1, 0.15) is 12.6 Å². The molecular formula is C24H29ClF3N3O4S. The molecule has 2 rings (SSSR count). The van der Waals surface area contributed by atoms with Crippen molar-refractivity contribution in [3.8, 4) is 0 Å². The van der Waals surface area contributed by atoms with Crippen molar-refractivity contribution in [2.75, 3.05) is 23.7 Å². The Hall–Kier alpha value is -2.79. The summed E-state index contributed by atoms with van der Waals surface area (Å²) in [6.45, 7) is 4.72. The van der Waals surface area contributed by atoms with Crippen LogP contribution in [-0.4, -0.2) is 50.5 Å². The third kappa shape index (κ3) is 7.36. The zero-order chi connectivity index (χ0) is 27.3. The third-order valence-corrected chi connectivity index (χ3v) is 7.01. The first-order valence-corrected chi connectivity index (χ1v) is 13.4. The van der Waals surface area contributed by atoms with Crippen LogP contribution >= 0.6 is 11.6 Å². The normalized spacial score (nSPS) is 12.7. The Labute approximate surface area is 214 Å². The number of rotatable bonds is 10. The van der Waals surface area contributed by atoms with E-state index in [0.717, 1.165) is 29.5 Å². The Balaban J connectivity index is 2.55. The second-order valence-electron chi connectivity index (χ2n) is 8.20. The maximum absolute atomic E-state index is 13.6. The molecule has 0 bridgehead atoms. The van der Waals surface area contributed by atoms with Gasteiger partial charge in [0, 0.05) is 13.1 Å². The van der Waals surface area contributed by atoms with E-state index < -0.39 is 51.9 Å². The second-order valence-corrected chi connectivity index (χ2v) is 10.5. The number of anilines is 1. The summed E-state index contributed by atoms with van der Waals surface area (Å²) >= 11 is 6.08. The molecule has 36 heavy (non-hydrogen) atoms. The third-order valence-electron chi connectivity index (χ3n) is 5.56. The molecule has 12 heteroatoms. The number of aryl methyl sites for hydroxylation is 1. The maximum atomic E-state index is 13.6. The summed E-state index contributed by atoms with van der Waals surface area (Å²) in [6, 6.07) is 8.49. The van der Waals surface area contributed by atoms with Crippen LogP contribution in [0.25, 0.3) is 0 Å². The lowest BCUT2D eigenvalue weighted by Crippen LogP contribution is -2.52. The fourth-order valence-corrected chi connectivity index (χ4v) is 4.78. The van der Waals surface area contributed by atoms with E-state index >= 15 is 0 Å². The van der Waals surface area contributed by atoms with Crippen molar-refractivity contribution < 1.29 is 31.2 Å². The summed E-state index contributed by atoms with van der Waals surface area (Å²) in [5.74, 6) is -1.19. The number of alkyl halides is 3. The molecule has 0 aliphatic heterocycles. The molecule has 2 amide bonds. The van der Waals surface area contributed by atoms with Gasteiger partial charge in [0.25, 0.3) is 0 Å². The fraction of sp³-hybridized carbons (Fsp3) is 0.417. The fourth-order valence-electron chi connectivity index (χ4n) is 3.66. The Morgan fingerprint density at radius 3 is 2.28 bits per heavy atom. The number of carbonyl (C=O) groups is 2. The Morgan fingerprint density at radius 2 is 1.75 bits per heavy atom. The minimum atomic E-state index is -4.76. The van der Waals surface area contributed by atoms with E-state index in [4.69, 9.17) is 11.6 Å². The van der Waals surface area contributed by atoms with Gasteiger partial charge in [0.05, 0.1) is 22.5 Å². The Morgan fingerprint density at radius 1 is 1.11 bits per heavy atom. The predicted octanol–water partition coefficient (Wildman–Crippen LogP) is 4.38. The van der Waals surface area contributed by atoms with Crippen LogP contribution in [-0.2, 0) is 32.3 Å². The number of hydrogen-bond donors (Lipinski definition) is 1. The van der Waals surface area contributed by atoms with Gasteiger partial charge < -0.3 is 10.2 Å². The number of amides is 2. The lowest BCUT2D eigenvalue weighted by molar-refractivity contribution is -0.140. The highest BCUT2D eigenvalue weighted by Gasteiger charge is 2.35. The van der Waals surface area contributed by atoms with Gasteiger partial charge in [-0.25, -0.2) is 8.42 Å². The van der Waals surface area contributed by atoms with Crippen molar-refractivity contribution >= 4 is 39.1 Å². The first kappa shape index (κ1) is 29.4. The average Bonchev–Trinajstić information content (AvgIpc) is 2.77. The maximum Gasteiger partial charge on any atom is 0.416 e. The van der Waals surface area contributed by atoms with Gasteiger partial charge in [0.15, 0.2) is 0 Å². The number of nitrogens with zero attached hydrogens (tertiary/aromatic N) is 2.